The molecule has 4 heterocycles. The van der Waals surface area contributed by atoms with Gasteiger partial charge in [-0.2, -0.15) is 0 Å². The predicted molar refractivity (Wildman–Crippen MR) is 108 cm³/mol. The van der Waals surface area contributed by atoms with E-state index in [4.69, 9.17) is 0 Å². The smallest absolute Gasteiger partial charge is 0.264 e. The maximum absolute atomic E-state index is 13.2. The average Bonchev–Trinajstić information content (AvgIpc) is 3.43. The molecule has 1 atom stereocenters. The van der Waals surface area contributed by atoms with Gasteiger partial charge >= 0.3 is 0 Å². The molecule has 1 spiro atoms. The van der Waals surface area contributed by atoms with Crippen LogP contribution < -0.4 is 0 Å². The summed E-state index contributed by atoms with van der Waals surface area (Å²) in [5.74, 6) is 0.336. The first-order valence-corrected chi connectivity index (χ1v) is 11.1. The van der Waals surface area contributed by atoms with Gasteiger partial charge in [0.2, 0.25) is 5.91 Å². The second-order valence-corrected chi connectivity index (χ2v) is 9.21. The van der Waals surface area contributed by atoms with Gasteiger partial charge in [0.05, 0.1) is 22.5 Å². The Kier molecular flexibility index (Phi) is 4.46. The molecule has 6 heteroatoms. The van der Waals surface area contributed by atoms with Gasteiger partial charge in [0.25, 0.3) is 5.91 Å². The van der Waals surface area contributed by atoms with E-state index in [0.717, 1.165) is 42.8 Å². The summed E-state index contributed by atoms with van der Waals surface area (Å²) in [6, 6.07) is 5.81. The number of carbonyl (C=O) groups excluding carboxylic acids is 2. The third-order valence-electron chi connectivity index (χ3n) is 6.62. The number of amides is 2. The van der Waals surface area contributed by atoms with Gasteiger partial charge in [-0.05, 0) is 67.2 Å². The Bertz CT molecular complexity index is 910. The molecule has 5 nitrogen and oxygen atoms in total. The van der Waals surface area contributed by atoms with Crippen molar-refractivity contribution in [3.8, 4) is 0 Å². The first-order valence-electron chi connectivity index (χ1n) is 10.2. The number of fused-ring (bicyclic) bond motifs is 1. The molecule has 2 aromatic heterocycles. The van der Waals surface area contributed by atoms with E-state index < -0.39 is 0 Å². The van der Waals surface area contributed by atoms with Gasteiger partial charge in [-0.1, -0.05) is 6.07 Å². The van der Waals surface area contributed by atoms with Gasteiger partial charge in [0, 0.05) is 25.8 Å². The van der Waals surface area contributed by atoms with Crippen LogP contribution in [-0.4, -0.2) is 46.2 Å². The minimum atomic E-state index is -0.387. The quantitative estimate of drug-likeness (QED) is 0.801. The van der Waals surface area contributed by atoms with Crippen LogP contribution in [0.2, 0.25) is 0 Å². The minimum absolute atomic E-state index is 0.140. The second-order valence-electron chi connectivity index (χ2n) is 8.33. The van der Waals surface area contributed by atoms with Crippen molar-refractivity contribution in [2.24, 2.45) is 5.41 Å². The van der Waals surface area contributed by atoms with Gasteiger partial charge < -0.3 is 9.80 Å². The number of aryl methyl sites for hydroxylation is 1. The lowest BCUT2D eigenvalue weighted by atomic mass is 9.85. The lowest BCUT2D eigenvalue weighted by molar-refractivity contribution is -0.135. The number of rotatable bonds is 3. The topological polar surface area (TPSA) is 53.5 Å². The van der Waals surface area contributed by atoms with E-state index in [0.29, 0.717) is 19.6 Å². The van der Waals surface area contributed by atoms with Crippen LogP contribution in [0.15, 0.2) is 29.8 Å². The molecule has 28 heavy (non-hydrogen) atoms. The largest absolute Gasteiger partial charge is 0.337 e. The zero-order valence-corrected chi connectivity index (χ0v) is 16.8. The van der Waals surface area contributed by atoms with E-state index in [-0.39, 0.29) is 17.2 Å². The van der Waals surface area contributed by atoms with E-state index in [1.807, 2.05) is 28.0 Å². The van der Waals surface area contributed by atoms with Crippen molar-refractivity contribution < 1.29 is 9.59 Å². The van der Waals surface area contributed by atoms with Crippen molar-refractivity contribution in [3.63, 3.8) is 0 Å². The molecule has 0 N–H and O–H groups in total. The van der Waals surface area contributed by atoms with Crippen molar-refractivity contribution in [2.45, 2.75) is 45.1 Å². The zero-order valence-electron chi connectivity index (χ0n) is 16.0. The van der Waals surface area contributed by atoms with E-state index in [9.17, 15) is 9.59 Å². The van der Waals surface area contributed by atoms with Gasteiger partial charge in [0.15, 0.2) is 0 Å². The number of hydrogen-bond donors (Lipinski definition) is 0. The van der Waals surface area contributed by atoms with Crippen LogP contribution in [0.5, 0.6) is 0 Å². The summed E-state index contributed by atoms with van der Waals surface area (Å²) in [4.78, 5) is 35.5. The van der Waals surface area contributed by atoms with Gasteiger partial charge in [-0.3, -0.25) is 14.6 Å². The van der Waals surface area contributed by atoms with Crippen molar-refractivity contribution in [2.75, 3.05) is 19.6 Å². The fourth-order valence-electron chi connectivity index (χ4n) is 5.00. The van der Waals surface area contributed by atoms with Crippen molar-refractivity contribution in [3.05, 3.63) is 51.5 Å². The van der Waals surface area contributed by atoms with Crippen LogP contribution in [0.4, 0.5) is 0 Å². The van der Waals surface area contributed by atoms with Crippen molar-refractivity contribution in [1.82, 2.24) is 14.8 Å². The third-order valence-corrected chi connectivity index (χ3v) is 7.68. The molecule has 5 rings (SSSR count). The monoisotopic (exact) mass is 395 g/mol. The lowest BCUT2D eigenvalue weighted by Crippen LogP contribution is -2.38. The molecule has 2 amide bonds. The average molecular weight is 396 g/mol. The molecule has 0 aromatic carbocycles. The van der Waals surface area contributed by atoms with E-state index in [1.165, 1.54) is 24.0 Å². The maximum atomic E-state index is 13.2. The highest BCUT2D eigenvalue weighted by Gasteiger charge is 2.51. The Morgan fingerprint density at radius 3 is 2.89 bits per heavy atom. The van der Waals surface area contributed by atoms with E-state index >= 15 is 0 Å². The number of carbonyl (C=O) groups is 2. The van der Waals surface area contributed by atoms with Gasteiger partial charge in [-0.25, -0.2) is 0 Å². The third kappa shape index (κ3) is 2.94. The Labute approximate surface area is 169 Å². The molecule has 3 aliphatic rings. The molecule has 2 aromatic rings. The fourth-order valence-corrected chi connectivity index (χ4v) is 6.12. The lowest BCUT2D eigenvalue weighted by Gasteiger charge is -2.24. The number of hydrogen-bond acceptors (Lipinski definition) is 4. The normalized spacial score (nSPS) is 24.2. The molecule has 1 aliphatic carbocycles. The number of likely N-dealkylation sites (tertiary alicyclic amines) is 2. The van der Waals surface area contributed by atoms with Crippen LogP contribution in [0.3, 0.4) is 0 Å². The minimum Gasteiger partial charge on any atom is -0.337 e. The Morgan fingerprint density at radius 2 is 2.04 bits per heavy atom. The molecule has 2 aliphatic heterocycles. The van der Waals surface area contributed by atoms with Crippen LogP contribution in [0.1, 0.15) is 52.2 Å². The maximum Gasteiger partial charge on any atom is 0.264 e. The van der Waals surface area contributed by atoms with Crippen LogP contribution in [0.25, 0.3) is 0 Å². The molecule has 0 bridgehead atoms. The second kappa shape index (κ2) is 6.99. The van der Waals surface area contributed by atoms with Crippen LogP contribution >= 0.6 is 11.3 Å². The number of aromatic nitrogens is 1. The molecule has 2 fully saturated rings. The summed E-state index contributed by atoms with van der Waals surface area (Å²) in [5, 5.41) is 2.17. The molecule has 0 saturated carbocycles. The number of thiophene rings is 1. The number of pyridine rings is 1. The van der Waals surface area contributed by atoms with Crippen molar-refractivity contribution in [1.29, 1.82) is 0 Å². The first kappa shape index (κ1) is 17.9. The molecular weight excluding hydrogens is 370 g/mol. The summed E-state index contributed by atoms with van der Waals surface area (Å²) in [6.07, 6.45) is 7.91. The van der Waals surface area contributed by atoms with Gasteiger partial charge in [-0.15, -0.1) is 11.3 Å². The summed E-state index contributed by atoms with van der Waals surface area (Å²) in [6.45, 7) is 2.57. The van der Waals surface area contributed by atoms with Gasteiger partial charge in [0.1, 0.15) is 0 Å². The molecule has 1 unspecified atom stereocenters. The summed E-state index contributed by atoms with van der Waals surface area (Å²) < 4.78 is 0. The van der Waals surface area contributed by atoms with Crippen LogP contribution in [0, 0.1) is 5.41 Å². The summed E-state index contributed by atoms with van der Waals surface area (Å²) in [7, 11) is 0. The van der Waals surface area contributed by atoms with E-state index in [2.05, 4.69) is 10.4 Å². The molecule has 2 saturated heterocycles. The van der Waals surface area contributed by atoms with Crippen molar-refractivity contribution >= 4 is 23.2 Å². The highest BCUT2D eigenvalue weighted by atomic mass is 32.1. The standard InChI is InChI=1S/C22H25N3O2S/c26-20(19-18-7-2-1-5-16(18)14-28-19)25-12-9-22(15-25)8-11-24(21(22)27)13-17-6-3-4-10-23-17/h3-4,6,10,14H,1-2,5,7-9,11-13,15H2. The summed E-state index contributed by atoms with van der Waals surface area (Å²) in [5.41, 5.74) is 3.18. The highest BCUT2D eigenvalue weighted by molar-refractivity contribution is 7.12. The molecule has 0 radical (unpaired) electrons. The zero-order chi connectivity index (χ0) is 19.1. The van der Waals surface area contributed by atoms with E-state index in [1.54, 1.807) is 17.5 Å². The Hall–Kier alpha value is -2.21. The fraction of sp³-hybridized carbons (Fsp3) is 0.500. The molecule has 146 valence electrons. The van der Waals surface area contributed by atoms with Crippen LogP contribution in [-0.2, 0) is 24.2 Å². The molecular formula is C22H25N3O2S. The summed E-state index contributed by atoms with van der Waals surface area (Å²) >= 11 is 1.60. The highest BCUT2D eigenvalue weighted by Crippen LogP contribution is 2.42. The number of nitrogens with zero attached hydrogens (tertiary/aromatic N) is 3. The Morgan fingerprint density at radius 1 is 1.18 bits per heavy atom. The Balaban J connectivity index is 1.29. The first-order chi connectivity index (χ1) is 13.7. The SMILES string of the molecule is O=C(c1scc2c1CCCC2)N1CCC2(CCN(Cc3ccccn3)C2=O)C1. The predicted octanol–water partition coefficient (Wildman–Crippen LogP) is 3.29.